The van der Waals surface area contributed by atoms with Crippen LogP contribution >= 0.6 is 22.9 Å². The highest BCUT2D eigenvalue weighted by atomic mass is 35.5. The summed E-state index contributed by atoms with van der Waals surface area (Å²) in [7, 11) is 1.67. The van der Waals surface area contributed by atoms with Gasteiger partial charge in [-0.25, -0.2) is 9.29 Å². The van der Waals surface area contributed by atoms with E-state index in [1.165, 1.54) is 31.9 Å². The molecular formula is C36H32ClFN4O5S. The largest absolute Gasteiger partial charge is 0.505 e. The maximum atomic E-state index is 15.0. The molecule has 6 unspecified atom stereocenters. The first kappa shape index (κ1) is 31.0. The number of aryl methyl sites for hydroxylation is 2. The molecule has 2 aromatic carbocycles. The minimum absolute atomic E-state index is 0.161. The van der Waals surface area contributed by atoms with Gasteiger partial charge in [0.15, 0.2) is 11.6 Å². The lowest BCUT2D eigenvalue weighted by atomic mass is 9.51. The molecule has 8 rings (SSSR count). The molecule has 2 aliphatic heterocycles. The number of likely N-dealkylation sites (tertiary alicyclic amines) is 1. The summed E-state index contributed by atoms with van der Waals surface area (Å²) >= 11 is 7.81. The Morgan fingerprint density at radius 3 is 2.60 bits per heavy atom. The second-order valence-electron chi connectivity index (χ2n) is 13.5. The number of allylic oxidation sites excluding steroid dienone is 2. The van der Waals surface area contributed by atoms with Crippen LogP contribution < -0.4 is 4.90 Å². The van der Waals surface area contributed by atoms with Crippen molar-refractivity contribution >= 4 is 62.5 Å². The number of anilines is 1. The van der Waals surface area contributed by atoms with Crippen molar-refractivity contribution in [2.45, 2.75) is 39.5 Å². The number of phenolic OH excluding ortho intramolecular Hbond substituents is 1. The molecule has 0 radical (unpaired) electrons. The Morgan fingerprint density at radius 1 is 1.08 bits per heavy atom. The van der Waals surface area contributed by atoms with E-state index in [9.17, 15) is 28.7 Å². The first-order valence-electron chi connectivity index (χ1n) is 16.0. The van der Waals surface area contributed by atoms with Crippen molar-refractivity contribution in [2.24, 2.45) is 36.1 Å². The number of hydrogen-bond acceptors (Lipinski definition) is 7. The van der Waals surface area contributed by atoms with Crippen molar-refractivity contribution in [2.75, 3.05) is 11.4 Å². The van der Waals surface area contributed by atoms with Gasteiger partial charge in [-0.2, -0.15) is 5.10 Å². The standard InChI is InChI=1S/C36H32ClFN4O5S/c1-5-41-32(44)19-11-10-18-22(28(19)34(41)46)14-23-33(45)42(35(47)36(23,3)29(18)20-7-6-8-24(38)30(20)43)27-15-25(39-40(27)4)31-16(2)21-13-17(37)9-12-26(21)48-31/h6-10,12-13,15,19,22-23,28-29,43H,5,11,14H2,1-4H3. The molecule has 0 bridgehead atoms. The van der Waals surface area contributed by atoms with E-state index in [0.29, 0.717) is 16.3 Å². The monoisotopic (exact) mass is 686 g/mol. The Balaban J connectivity index is 1.26. The van der Waals surface area contributed by atoms with Gasteiger partial charge in [-0.05, 0) is 74.7 Å². The normalized spacial score (nSPS) is 28.3. The third-order valence-corrected chi connectivity index (χ3v) is 12.8. The minimum atomic E-state index is -1.43. The fourth-order valence-corrected chi connectivity index (χ4v) is 10.3. The second-order valence-corrected chi connectivity index (χ2v) is 15.0. The van der Waals surface area contributed by atoms with Crippen LogP contribution in [0.1, 0.15) is 43.7 Å². The summed E-state index contributed by atoms with van der Waals surface area (Å²) in [5.41, 5.74) is 1.00. The summed E-state index contributed by atoms with van der Waals surface area (Å²) in [5.74, 6) is -6.30. The van der Waals surface area contributed by atoms with Crippen molar-refractivity contribution in [3.05, 3.63) is 76.1 Å². The molecule has 2 saturated heterocycles. The molecule has 2 aliphatic carbocycles. The highest BCUT2D eigenvalue weighted by molar-refractivity contribution is 7.22. The van der Waals surface area contributed by atoms with Gasteiger partial charge in [-0.3, -0.25) is 28.8 Å². The third-order valence-electron chi connectivity index (χ3n) is 11.2. The minimum Gasteiger partial charge on any atom is -0.505 e. The van der Waals surface area contributed by atoms with E-state index >= 15 is 0 Å². The molecule has 0 spiro atoms. The van der Waals surface area contributed by atoms with Crippen molar-refractivity contribution in [1.82, 2.24) is 14.7 Å². The number of carbonyl (C=O) groups is 4. The number of para-hydroxylation sites is 1. The van der Waals surface area contributed by atoms with E-state index in [-0.39, 0.29) is 42.6 Å². The summed E-state index contributed by atoms with van der Waals surface area (Å²) in [6.45, 7) is 5.67. The van der Waals surface area contributed by atoms with Crippen molar-refractivity contribution in [1.29, 1.82) is 0 Å². The number of rotatable bonds is 4. The third kappa shape index (κ3) is 3.97. The smallest absolute Gasteiger partial charge is 0.242 e. The number of hydrogen-bond donors (Lipinski definition) is 1. The van der Waals surface area contributed by atoms with E-state index in [4.69, 9.17) is 16.7 Å². The summed E-state index contributed by atoms with van der Waals surface area (Å²) < 4.78 is 17.5. The van der Waals surface area contributed by atoms with Crippen molar-refractivity contribution in [3.63, 3.8) is 0 Å². The number of amides is 4. The molecule has 2 aromatic heterocycles. The first-order chi connectivity index (χ1) is 22.9. The number of thiophene rings is 1. The molecule has 48 heavy (non-hydrogen) atoms. The molecule has 4 aliphatic rings. The maximum absolute atomic E-state index is 15.0. The number of fused-ring (bicyclic) bond motifs is 5. The van der Waals surface area contributed by atoms with Gasteiger partial charge >= 0.3 is 0 Å². The van der Waals surface area contributed by atoms with Crippen LogP contribution in [-0.4, -0.2) is 50.0 Å². The van der Waals surface area contributed by atoms with Crippen LogP contribution in [0, 0.1) is 41.8 Å². The van der Waals surface area contributed by atoms with E-state index in [1.54, 1.807) is 33.0 Å². The number of benzene rings is 2. The zero-order valence-corrected chi connectivity index (χ0v) is 28.2. The quantitative estimate of drug-likeness (QED) is 0.198. The number of phenols is 1. The second kappa shape index (κ2) is 10.6. The maximum Gasteiger partial charge on any atom is 0.242 e. The van der Waals surface area contributed by atoms with Gasteiger partial charge < -0.3 is 5.11 Å². The van der Waals surface area contributed by atoms with Gasteiger partial charge in [0.1, 0.15) is 11.5 Å². The molecule has 1 saturated carbocycles. The van der Waals surface area contributed by atoms with Crippen LogP contribution in [0.25, 0.3) is 20.7 Å². The Labute approximate surface area is 284 Å². The zero-order chi connectivity index (χ0) is 34.0. The average Bonchev–Trinajstić information content (AvgIpc) is 3.72. The van der Waals surface area contributed by atoms with Gasteiger partial charge in [0.05, 0.1) is 28.0 Å². The molecule has 4 heterocycles. The molecule has 4 aromatic rings. The highest BCUT2D eigenvalue weighted by Crippen LogP contribution is 2.64. The van der Waals surface area contributed by atoms with Gasteiger partial charge in [0, 0.05) is 40.9 Å². The number of aromatic nitrogens is 2. The fourth-order valence-electron chi connectivity index (χ4n) is 8.93. The van der Waals surface area contributed by atoms with Crippen LogP contribution in [0.5, 0.6) is 5.75 Å². The molecule has 6 atom stereocenters. The van der Waals surface area contributed by atoms with Crippen molar-refractivity contribution < 1.29 is 28.7 Å². The number of carbonyl (C=O) groups excluding carboxylic acids is 4. The number of halogens is 2. The number of imide groups is 2. The Hall–Kier alpha value is -4.35. The molecule has 12 heteroatoms. The molecule has 3 fully saturated rings. The van der Waals surface area contributed by atoms with Gasteiger partial charge in [-0.1, -0.05) is 35.4 Å². The molecule has 1 N–H and O–H groups in total. The van der Waals surface area contributed by atoms with Gasteiger partial charge in [0.25, 0.3) is 0 Å². The van der Waals surface area contributed by atoms with Crippen LogP contribution in [0.3, 0.4) is 0 Å². The van der Waals surface area contributed by atoms with Crippen LogP contribution in [-0.2, 0) is 26.2 Å². The van der Waals surface area contributed by atoms with E-state index in [2.05, 4.69) is 0 Å². The van der Waals surface area contributed by atoms with Crippen molar-refractivity contribution in [3.8, 4) is 16.3 Å². The van der Waals surface area contributed by atoms with E-state index < -0.39 is 58.4 Å². The van der Waals surface area contributed by atoms with E-state index in [1.807, 2.05) is 31.2 Å². The molecule has 9 nitrogen and oxygen atoms in total. The molecular weight excluding hydrogens is 655 g/mol. The molecule has 246 valence electrons. The average molecular weight is 687 g/mol. The lowest BCUT2D eigenvalue weighted by molar-refractivity contribution is -0.140. The Bertz CT molecular complexity index is 2160. The Morgan fingerprint density at radius 2 is 1.85 bits per heavy atom. The summed E-state index contributed by atoms with van der Waals surface area (Å²) in [6, 6.07) is 11.6. The van der Waals surface area contributed by atoms with Gasteiger partial charge in [-0.15, -0.1) is 11.3 Å². The van der Waals surface area contributed by atoms with E-state index in [0.717, 1.165) is 26.6 Å². The van der Waals surface area contributed by atoms with Gasteiger partial charge in [0.2, 0.25) is 23.6 Å². The lowest BCUT2D eigenvalue weighted by Gasteiger charge is -2.49. The summed E-state index contributed by atoms with van der Waals surface area (Å²) in [4.78, 5) is 59.7. The first-order valence-corrected chi connectivity index (χ1v) is 17.2. The number of aromatic hydroxyl groups is 1. The highest BCUT2D eigenvalue weighted by Gasteiger charge is 2.68. The summed E-state index contributed by atoms with van der Waals surface area (Å²) in [5, 5.41) is 17.4. The predicted octanol–water partition coefficient (Wildman–Crippen LogP) is 6.36. The number of nitrogens with zero attached hydrogens (tertiary/aromatic N) is 4. The summed E-state index contributed by atoms with van der Waals surface area (Å²) in [6.07, 6.45) is 2.32. The van der Waals surface area contributed by atoms with Crippen LogP contribution in [0.4, 0.5) is 10.2 Å². The van der Waals surface area contributed by atoms with Crippen LogP contribution in [0.15, 0.2) is 54.1 Å². The predicted molar refractivity (Wildman–Crippen MR) is 179 cm³/mol. The van der Waals surface area contributed by atoms with Crippen LogP contribution in [0.2, 0.25) is 5.02 Å². The molecule has 4 amide bonds. The SMILES string of the molecule is CCN1C(=O)C2CC=C3C(CC4C(=O)N(c5cc(-c6sc7ccc(Cl)cc7c6C)nn5C)C(=O)C4(C)C3c3cccc(F)c3O)C2C1=O. The lowest BCUT2D eigenvalue weighted by Crippen LogP contribution is -2.49. The Kier molecular flexibility index (Phi) is 6.82. The topological polar surface area (TPSA) is 113 Å². The fraction of sp³-hybridized carbons (Fsp3) is 0.361. The zero-order valence-electron chi connectivity index (χ0n) is 26.7.